The zero-order valence-corrected chi connectivity index (χ0v) is 8.56. The summed E-state index contributed by atoms with van der Waals surface area (Å²) in [5.74, 6) is 1.42. The summed E-state index contributed by atoms with van der Waals surface area (Å²) in [5, 5.41) is 3.06. The van der Waals surface area contributed by atoms with Crippen molar-refractivity contribution in [2.24, 2.45) is 0 Å². The van der Waals surface area contributed by atoms with E-state index in [0.717, 1.165) is 6.07 Å². The first kappa shape index (κ1) is 11.7. The Balaban J connectivity index is 2.55. The van der Waals surface area contributed by atoms with E-state index in [0.29, 0.717) is 18.5 Å². The van der Waals surface area contributed by atoms with Gasteiger partial charge in [0.15, 0.2) is 0 Å². The van der Waals surface area contributed by atoms with Crippen LogP contribution in [0.3, 0.4) is 0 Å². The van der Waals surface area contributed by atoms with Gasteiger partial charge in [-0.2, -0.15) is 0 Å². The maximum Gasteiger partial charge on any atom is 0.130 e. The second kappa shape index (κ2) is 5.47. The Labute approximate surface area is 88.5 Å². The lowest BCUT2D eigenvalue weighted by Gasteiger charge is -2.11. The molecule has 0 bridgehead atoms. The van der Waals surface area contributed by atoms with Gasteiger partial charge in [0.2, 0.25) is 0 Å². The monoisotopic (exact) mass is 209 g/mol. The van der Waals surface area contributed by atoms with E-state index in [1.54, 1.807) is 0 Å². The molecule has 1 unspecified atom stereocenters. The Hall–Kier alpha value is -1.40. The highest BCUT2D eigenvalue weighted by molar-refractivity contribution is 5.18. The van der Waals surface area contributed by atoms with Crippen LogP contribution in [0.4, 0.5) is 8.78 Å². The molecule has 1 aromatic rings. The molecular weight excluding hydrogens is 196 g/mol. The van der Waals surface area contributed by atoms with E-state index >= 15 is 0 Å². The largest absolute Gasteiger partial charge is 0.309 e. The summed E-state index contributed by atoms with van der Waals surface area (Å²) in [4.78, 5) is 0. The van der Waals surface area contributed by atoms with Crippen LogP contribution in [0.5, 0.6) is 0 Å². The lowest BCUT2D eigenvalue weighted by molar-refractivity contribution is 0.527. The fourth-order valence-corrected chi connectivity index (χ4v) is 1.20. The fraction of sp³-hybridized carbons (Fsp3) is 0.333. The summed E-state index contributed by atoms with van der Waals surface area (Å²) in [7, 11) is 0. The number of terminal acetylenes is 1. The molecule has 80 valence electrons. The molecule has 0 fully saturated rings. The van der Waals surface area contributed by atoms with E-state index in [1.807, 2.05) is 6.92 Å². The van der Waals surface area contributed by atoms with Gasteiger partial charge in [-0.25, -0.2) is 8.78 Å². The number of rotatable bonds is 4. The van der Waals surface area contributed by atoms with Crippen LogP contribution in [0.2, 0.25) is 0 Å². The molecule has 0 spiro atoms. The van der Waals surface area contributed by atoms with Gasteiger partial charge in [0.25, 0.3) is 0 Å². The Bertz CT molecular complexity index is 368. The van der Waals surface area contributed by atoms with Crippen molar-refractivity contribution in [2.45, 2.75) is 25.9 Å². The van der Waals surface area contributed by atoms with E-state index in [4.69, 9.17) is 6.42 Å². The minimum atomic E-state index is -0.562. The topological polar surface area (TPSA) is 12.0 Å². The molecule has 0 saturated carbocycles. The van der Waals surface area contributed by atoms with Crippen molar-refractivity contribution in [2.75, 3.05) is 0 Å². The molecule has 0 aliphatic rings. The van der Waals surface area contributed by atoms with Crippen molar-refractivity contribution >= 4 is 0 Å². The third-order valence-electron chi connectivity index (χ3n) is 2.08. The molecule has 1 rings (SSSR count). The van der Waals surface area contributed by atoms with Gasteiger partial charge >= 0.3 is 0 Å². The highest BCUT2D eigenvalue weighted by Gasteiger charge is 2.05. The quantitative estimate of drug-likeness (QED) is 0.751. The van der Waals surface area contributed by atoms with Gasteiger partial charge in [-0.05, 0) is 13.0 Å². The number of nitrogens with one attached hydrogen (secondary N) is 1. The first-order chi connectivity index (χ1) is 7.13. The van der Waals surface area contributed by atoms with Crippen molar-refractivity contribution in [3.63, 3.8) is 0 Å². The number of hydrogen-bond donors (Lipinski definition) is 1. The van der Waals surface area contributed by atoms with Crippen LogP contribution in [-0.4, -0.2) is 6.04 Å². The molecular formula is C12H13F2N. The number of hydrogen-bond acceptors (Lipinski definition) is 1. The summed E-state index contributed by atoms with van der Waals surface area (Å²) in [6.07, 6.45) is 5.72. The van der Waals surface area contributed by atoms with E-state index in [1.165, 1.54) is 12.1 Å². The average molecular weight is 209 g/mol. The van der Waals surface area contributed by atoms with Crippen LogP contribution in [0, 0.1) is 24.0 Å². The molecule has 0 heterocycles. The van der Waals surface area contributed by atoms with Gasteiger partial charge in [-0.15, -0.1) is 12.3 Å². The number of benzene rings is 1. The predicted octanol–water partition coefficient (Wildman–Crippen LogP) is 2.47. The summed E-state index contributed by atoms with van der Waals surface area (Å²) >= 11 is 0. The van der Waals surface area contributed by atoms with E-state index in [2.05, 4.69) is 11.2 Å². The predicted molar refractivity (Wildman–Crippen MR) is 56.1 cm³/mol. The van der Waals surface area contributed by atoms with Crippen LogP contribution < -0.4 is 5.32 Å². The van der Waals surface area contributed by atoms with Crippen molar-refractivity contribution in [1.82, 2.24) is 5.32 Å². The van der Waals surface area contributed by atoms with Gasteiger partial charge < -0.3 is 5.32 Å². The molecule has 15 heavy (non-hydrogen) atoms. The first-order valence-corrected chi connectivity index (χ1v) is 4.74. The molecule has 0 amide bonds. The first-order valence-electron chi connectivity index (χ1n) is 4.74. The van der Waals surface area contributed by atoms with Gasteiger partial charge in [0.1, 0.15) is 11.6 Å². The average Bonchev–Trinajstić information content (AvgIpc) is 2.17. The van der Waals surface area contributed by atoms with Gasteiger partial charge in [-0.1, -0.05) is 6.07 Å². The molecule has 1 nitrogen and oxygen atoms in total. The molecule has 0 aliphatic carbocycles. The van der Waals surface area contributed by atoms with E-state index in [-0.39, 0.29) is 6.04 Å². The lowest BCUT2D eigenvalue weighted by Crippen LogP contribution is -2.25. The third kappa shape index (κ3) is 3.69. The van der Waals surface area contributed by atoms with Gasteiger partial charge in [0.05, 0.1) is 0 Å². The Morgan fingerprint density at radius 3 is 2.80 bits per heavy atom. The van der Waals surface area contributed by atoms with E-state index < -0.39 is 11.6 Å². The van der Waals surface area contributed by atoms with Crippen LogP contribution >= 0.6 is 0 Å². The Morgan fingerprint density at radius 1 is 1.47 bits per heavy atom. The highest BCUT2D eigenvalue weighted by atomic mass is 19.1. The van der Waals surface area contributed by atoms with Crippen LogP contribution in [-0.2, 0) is 6.54 Å². The zero-order chi connectivity index (χ0) is 11.3. The maximum absolute atomic E-state index is 13.2. The maximum atomic E-state index is 13.2. The SMILES string of the molecule is C#CCC(C)NCc1ccc(F)cc1F. The molecule has 1 N–H and O–H groups in total. The summed E-state index contributed by atoms with van der Waals surface area (Å²) in [6, 6.07) is 3.68. The molecule has 1 atom stereocenters. The fourth-order valence-electron chi connectivity index (χ4n) is 1.20. The zero-order valence-electron chi connectivity index (χ0n) is 8.56. The van der Waals surface area contributed by atoms with Crippen LogP contribution in [0.15, 0.2) is 18.2 Å². The standard InChI is InChI=1S/C12H13F2N/c1-3-4-9(2)15-8-10-5-6-11(13)7-12(10)14/h1,5-7,9,15H,4,8H2,2H3. The molecule has 0 radical (unpaired) electrons. The second-order valence-electron chi connectivity index (χ2n) is 3.43. The molecule has 0 aromatic heterocycles. The van der Waals surface area contributed by atoms with Gasteiger partial charge in [-0.3, -0.25) is 0 Å². The van der Waals surface area contributed by atoms with Gasteiger partial charge in [0, 0.05) is 30.6 Å². The van der Waals surface area contributed by atoms with Crippen molar-refractivity contribution in [1.29, 1.82) is 0 Å². The van der Waals surface area contributed by atoms with Crippen molar-refractivity contribution in [3.05, 3.63) is 35.4 Å². The third-order valence-corrected chi connectivity index (χ3v) is 2.08. The van der Waals surface area contributed by atoms with Crippen LogP contribution in [0.1, 0.15) is 18.9 Å². The molecule has 3 heteroatoms. The summed E-state index contributed by atoms with van der Waals surface area (Å²) in [5.41, 5.74) is 0.445. The minimum absolute atomic E-state index is 0.124. The minimum Gasteiger partial charge on any atom is -0.309 e. The van der Waals surface area contributed by atoms with Crippen molar-refractivity contribution in [3.8, 4) is 12.3 Å². The molecule has 1 aromatic carbocycles. The summed E-state index contributed by atoms with van der Waals surface area (Å²) < 4.78 is 25.7. The van der Waals surface area contributed by atoms with E-state index in [9.17, 15) is 8.78 Å². The number of halogens is 2. The van der Waals surface area contributed by atoms with Crippen molar-refractivity contribution < 1.29 is 8.78 Å². The molecule has 0 saturated heterocycles. The summed E-state index contributed by atoms with van der Waals surface area (Å²) in [6.45, 7) is 2.27. The second-order valence-corrected chi connectivity index (χ2v) is 3.43. The van der Waals surface area contributed by atoms with Crippen LogP contribution in [0.25, 0.3) is 0 Å². The lowest BCUT2D eigenvalue weighted by atomic mass is 10.2. The Morgan fingerprint density at radius 2 is 2.20 bits per heavy atom. The molecule has 0 aliphatic heterocycles. The normalized spacial score (nSPS) is 12.1. The highest BCUT2D eigenvalue weighted by Crippen LogP contribution is 2.09. The smallest absolute Gasteiger partial charge is 0.130 e. The Kier molecular flexibility index (Phi) is 4.26.